The fourth-order valence-corrected chi connectivity index (χ4v) is 2.18. The third-order valence-corrected chi connectivity index (χ3v) is 3.15. The smallest absolute Gasteiger partial charge is 0.0598 e. The molecule has 1 aromatic heterocycles. The number of nitrogens with zero attached hydrogens (tertiary/aromatic N) is 2. The number of hydrogen-bond acceptors (Lipinski definition) is 2. The Kier molecular flexibility index (Phi) is 4.15. The van der Waals surface area contributed by atoms with E-state index in [0.717, 1.165) is 24.2 Å². The molecular weight excluding hydrogens is 224 g/mol. The molecule has 96 valence electrons. The summed E-state index contributed by atoms with van der Waals surface area (Å²) in [7, 11) is 1.92. The van der Waals surface area contributed by atoms with Crippen LogP contribution in [0.25, 0.3) is 0 Å². The van der Waals surface area contributed by atoms with Gasteiger partial charge in [0.1, 0.15) is 0 Å². The second-order valence-corrected chi connectivity index (χ2v) is 4.78. The van der Waals surface area contributed by atoms with Crippen molar-refractivity contribution in [2.45, 2.75) is 32.3 Å². The van der Waals surface area contributed by atoms with Crippen molar-refractivity contribution in [3.63, 3.8) is 0 Å². The summed E-state index contributed by atoms with van der Waals surface area (Å²) in [5, 5.41) is 14.3. The Bertz CT molecular complexity index is 490. The SMILES string of the molecule is Cc1cc(CC(O)CCc2ccccc2)n(C)n1. The minimum Gasteiger partial charge on any atom is -0.393 e. The van der Waals surface area contributed by atoms with E-state index in [1.165, 1.54) is 5.56 Å². The van der Waals surface area contributed by atoms with Gasteiger partial charge in [0, 0.05) is 19.2 Å². The molecule has 1 N–H and O–H groups in total. The zero-order valence-corrected chi connectivity index (χ0v) is 11.0. The van der Waals surface area contributed by atoms with E-state index in [1.807, 2.05) is 42.9 Å². The minimum absolute atomic E-state index is 0.306. The predicted octanol–water partition coefficient (Wildman–Crippen LogP) is 2.26. The average Bonchev–Trinajstić information content (AvgIpc) is 2.67. The molecule has 0 aliphatic carbocycles. The van der Waals surface area contributed by atoms with Gasteiger partial charge in [0.25, 0.3) is 0 Å². The summed E-state index contributed by atoms with van der Waals surface area (Å²) in [5.74, 6) is 0. The molecule has 1 unspecified atom stereocenters. The molecule has 1 atom stereocenters. The second kappa shape index (κ2) is 5.83. The average molecular weight is 244 g/mol. The van der Waals surface area contributed by atoms with Gasteiger partial charge in [-0.25, -0.2) is 0 Å². The maximum Gasteiger partial charge on any atom is 0.0598 e. The quantitative estimate of drug-likeness (QED) is 0.876. The highest BCUT2D eigenvalue weighted by atomic mass is 16.3. The molecule has 0 bridgehead atoms. The number of rotatable bonds is 5. The first-order valence-electron chi connectivity index (χ1n) is 6.36. The van der Waals surface area contributed by atoms with Crippen molar-refractivity contribution in [2.24, 2.45) is 7.05 Å². The van der Waals surface area contributed by atoms with Crippen molar-refractivity contribution in [3.8, 4) is 0 Å². The molecule has 2 rings (SSSR count). The number of aromatic nitrogens is 2. The van der Waals surface area contributed by atoms with Crippen LogP contribution in [-0.4, -0.2) is 21.0 Å². The maximum atomic E-state index is 10.1. The van der Waals surface area contributed by atoms with E-state index in [9.17, 15) is 5.11 Å². The molecule has 0 fully saturated rings. The molecule has 0 radical (unpaired) electrons. The molecule has 0 amide bonds. The fourth-order valence-electron chi connectivity index (χ4n) is 2.18. The summed E-state index contributed by atoms with van der Waals surface area (Å²) in [6, 6.07) is 12.3. The van der Waals surface area contributed by atoms with Crippen molar-refractivity contribution in [3.05, 3.63) is 53.3 Å². The van der Waals surface area contributed by atoms with Gasteiger partial charge in [-0.05, 0) is 31.4 Å². The number of aryl methyl sites for hydroxylation is 3. The molecule has 0 aliphatic heterocycles. The van der Waals surface area contributed by atoms with Crippen LogP contribution < -0.4 is 0 Å². The summed E-state index contributed by atoms with van der Waals surface area (Å²) in [6.07, 6.45) is 2.07. The van der Waals surface area contributed by atoms with Gasteiger partial charge in [0.15, 0.2) is 0 Å². The highest BCUT2D eigenvalue weighted by Crippen LogP contribution is 2.10. The van der Waals surface area contributed by atoms with Crippen molar-refractivity contribution >= 4 is 0 Å². The van der Waals surface area contributed by atoms with E-state index in [-0.39, 0.29) is 6.10 Å². The van der Waals surface area contributed by atoms with E-state index in [4.69, 9.17) is 0 Å². The highest BCUT2D eigenvalue weighted by molar-refractivity contribution is 5.15. The molecule has 0 saturated carbocycles. The first-order chi connectivity index (χ1) is 8.65. The Hall–Kier alpha value is -1.61. The lowest BCUT2D eigenvalue weighted by molar-refractivity contribution is 0.163. The van der Waals surface area contributed by atoms with Gasteiger partial charge in [0.05, 0.1) is 11.8 Å². The fraction of sp³-hybridized carbons (Fsp3) is 0.400. The van der Waals surface area contributed by atoms with Gasteiger partial charge < -0.3 is 5.11 Å². The van der Waals surface area contributed by atoms with Crippen LogP contribution in [0.5, 0.6) is 0 Å². The van der Waals surface area contributed by atoms with Crippen LogP contribution in [0.4, 0.5) is 0 Å². The van der Waals surface area contributed by atoms with Crippen LogP contribution in [-0.2, 0) is 19.9 Å². The summed E-state index contributed by atoms with van der Waals surface area (Å²) < 4.78 is 1.85. The van der Waals surface area contributed by atoms with Gasteiger partial charge in [0.2, 0.25) is 0 Å². The lowest BCUT2D eigenvalue weighted by Crippen LogP contribution is -2.14. The van der Waals surface area contributed by atoms with E-state index in [1.54, 1.807) is 0 Å². The topological polar surface area (TPSA) is 38.0 Å². The molecular formula is C15H20N2O. The number of aliphatic hydroxyl groups excluding tert-OH is 1. The summed E-state index contributed by atoms with van der Waals surface area (Å²) in [6.45, 7) is 1.97. The van der Waals surface area contributed by atoms with Gasteiger partial charge in [-0.15, -0.1) is 0 Å². The molecule has 2 aromatic rings. The van der Waals surface area contributed by atoms with Crippen molar-refractivity contribution in [1.82, 2.24) is 9.78 Å². The Morgan fingerprint density at radius 3 is 2.61 bits per heavy atom. The molecule has 0 saturated heterocycles. The van der Waals surface area contributed by atoms with Crippen LogP contribution in [0.3, 0.4) is 0 Å². The van der Waals surface area contributed by atoms with Gasteiger partial charge in [-0.1, -0.05) is 30.3 Å². The zero-order chi connectivity index (χ0) is 13.0. The third kappa shape index (κ3) is 3.44. The van der Waals surface area contributed by atoms with E-state index in [2.05, 4.69) is 17.2 Å². The lowest BCUT2D eigenvalue weighted by Gasteiger charge is -2.10. The molecule has 18 heavy (non-hydrogen) atoms. The first-order valence-corrected chi connectivity index (χ1v) is 6.36. The van der Waals surface area contributed by atoms with Gasteiger partial charge in [-0.2, -0.15) is 5.10 Å². The maximum absolute atomic E-state index is 10.1. The van der Waals surface area contributed by atoms with E-state index < -0.39 is 0 Å². The molecule has 3 nitrogen and oxygen atoms in total. The van der Waals surface area contributed by atoms with Crippen LogP contribution in [0, 0.1) is 6.92 Å². The van der Waals surface area contributed by atoms with Gasteiger partial charge in [-0.3, -0.25) is 4.68 Å². The largest absolute Gasteiger partial charge is 0.393 e. The van der Waals surface area contributed by atoms with Crippen molar-refractivity contribution in [2.75, 3.05) is 0 Å². The Morgan fingerprint density at radius 2 is 2.00 bits per heavy atom. The Balaban J connectivity index is 1.86. The third-order valence-electron chi connectivity index (χ3n) is 3.15. The normalized spacial score (nSPS) is 12.6. The van der Waals surface area contributed by atoms with Crippen LogP contribution in [0.1, 0.15) is 23.4 Å². The second-order valence-electron chi connectivity index (χ2n) is 4.78. The Labute approximate surface area is 108 Å². The monoisotopic (exact) mass is 244 g/mol. The van der Waals surface area contributed by atoms with E-state index in [0.29, 0.717) is 6.42 Å². The molecule has 1 aromatic carbocycles. The summed E-state index contributed by atoms with van der Waals surface area (Å²) >= 11 is 0. The molecule has 0 aliphatic rings. The highest BCUT2D eigenvalue weighted by Gasteiger charge is 2.09. The molecule has 1 heterocycles. The van der Waals surface area contributed by atoms with Crippen LogP contribution in [0.2, 0.25) is 0 Å². The Morgan fingerprint density at radius 1 is 1.28 bits per heavy atom. The number of hydrogen-bond donors (Lipinski definition) is 1. The first kappa shape index (κ1) is 12.8. The molecule has 3 heteroatoms. The zero-order valence-electron chi connectivity index (χ0n) is 11.0. The minimum atomic E-state index is -0.306. The molecule has 0 spiro atoms. The summed E-state index contributed by atoms with van der Waals surface area (Å²) in [5.41, 5.74) is 3.37. The predicted molar refractivity (Wildman–Crippen MR) is 72.4 cm³/mol. The van der Waals surface area contributed by atoms with Gasteiger partial charge >= 0.3 is 0 Å². The lowest BCUT2D eigenvalue weighted by atomic mass is 10.0. The number of benzene rings is 1. The van der Waals surface area contributed by atoms with E-state index >= 15 is 0 Å². The number of aliphatic hydroxyl groups is 1. The summed E-state index contributed by atoms with van der Waals surface area (Å²) in [4.78, 5) is 0. The van der Waals surface area contributed by atoms with Crippen molar-refractivity contribution < 1.29 is 5.11 Å². The van der Waals surface area contributed by atoms with Crippen LogP contribution in [0.15, 0.2) is 36.4 Å². The van der Waals surface area contributed by atoms with Crippen molar-refractivity contribution in [1.29, 1.82) is 0 Å². The van der Waals surface area contributed by atoms with Crippen LogP contribution >= 0.6 is 0 Å². The standard InChI is InChI=1S/C15H20N2O/c1-12-10-14(17(2)16-12)11-15(18)9-8-13-6-4-3-5-7-13/h3-7,10,15,18H,8-9,11H2,1-2H3.